The molecular weight excluding hydrogens is 717 g/mol. The average Bonchev–Trinajstić information content (AvgIpc) is 3.96. The van der Waals surface area contributed by atoms with Gasteiger partial charge in [0.1, 0.15) is 11.2 Å². The van der Waals surface area contributed by atoms with Crippen molar-refractivity contribution in [2.45, 2.75) is 0 Å². The standard InChI is InChI=1S/C51H30N4OS/c1-3-13-31(14-4-1)32-25-27-33(28-26-32)49-52-50(39-20-12-24-44-45(39)37-18-8-10-23-43(37)57-44)54-51(53-49)40-21-11-19-38-46-42(56-48(38)40)30-29-36-35-17-7-9-22-41(35)55(47(36)46)34-15-5-2-6-16-34/h1-30H. The number of thiophene rings is 1. The van der Waals surface area contributed by atoms with Gasteiger partial charge in [0.25, 0.3) is 0 Å². The Bertz CT molecular complexity index is 3510. The van der Waals surface area contributed by atoms with E-state index in [0.717, 1.165) is 71.9 Å². The van der Waals surface area contributed by atoms with E-state index in [4.69, 9.17) is 19.4 Å². The molecule has 12 aromatic rings. The second kappa shape index (κ2) is 12.6. The molecule has 0 aliphatic carbocycles. The van der Waals surface area contributed by atoms with Crippen molar-refractivity contribution in [2.24, 2.45) is 0 Å². The van der Waals surface area contributed by atoms with Crippen LogP contribution in [0.3, 0.4) is 0 Å². The zero-order valence-electron chi connectivity index (χ0n) is 30.4. The summed E-state index contributed by atoms with van der Waals surface area (Å²) in [6.45, 7) is 0. The zero-order chi connectivity index (χ0) is 37.5. The van der Waals surface area contributed by atoms with E-state index in [1.54, 1.807) is 11.3 Å². The smallest absolute Gasteiger partial charge is 0.167 e. The Morgan fingerprint density at radius 1 is 0.404 bits per heavy atom. The molecule has 0 unspecified atom stereocenters. The number of fused-ring (bicyclic) bond motifs is 10. The molecule has 0 saturated carbocycles. The number of aromatic nitrogens is 4. The second-order valence-corrected chi connectivity index (χ2v) is 15.4. The highest BCUT2D eigenvalue weighted by Crippen LogP contribution is 2.44. The maximum Gasteiger partial charge on any atom is 0.167 e. The fourth-order valence-electron chi connectivity index (χ4n) is 8.51. The normalized spacial score (nSPS) is 11.9. The lowest BCUT2D eigenvalue weighted by molar-refractivity contribution is 0.669. The SMILES string of the molecule is c1ccc(-c2ccc(-c3nc(-c4cccc5c4oc4ccc6c7ccccc7n(-c7ccccc7)c6c45)nc(-c4cccc5sc6ccccc6c45)n3)cc2)cc1. The van der Waals surface area contributed by atoms with Crippen LogP contribution in [0.15, 0.2) is 186 Å². The molecule has 8 aromatic carbocycles. The van der Waals surface area contributed by atoms with Gasteiger partial charge >= 0.3 is 0 Å². The van der Waals surface area contributed by atoms with Crippen molar-refractivity contribution < 1.29 is 4.42 Å². The molecule has 57 heavy (non-hydrogen) atoms. The van der Waals surface area contributed by atoms with E-state index in [2.05, 4.69) is 180 Å². The van der Waals surface area contributed by atoms with Crippen LogP contribution in [0.1, 0.15) is 0 Å². The van der Waals surface area contributed by atoms with Gasteiger partial charge in [-0.05, 0) is 59.7 Å². The molecule has 4 heterocycles. The monoisotopic (exact) mass is 746 g/mol. The van der Waals surface area contributed by atoms with Gasteiger partial charge in [-0.1, -0.05) is 133 Å². The molecule has 0 radical (unpaired) electrons. The molecule has 0 N–H and O–H groups in total. The molecular formula is C51H30N4OS. The largest absolute Gasteiger partial charge is 0.455 e. The molecule has 0 aliphatic rings. The van der Waals surface area contributed by atoms with Crippen molar-refractivity contribution in [3.8, 4) is 51.0 Å². The van der Waals surface area contributed by atoms with Crippen LogP contribution in [0, 0.1) is 0 Å². The Labute approximate surface area is 330 Å². The van der Waals surface area contributed by atoms with Gasteiger partial charge in [-0.3, -0.25) is 0 Å². The van der Waals surface area contributed by atoms with Crippen LogP contribution in [0.2, 0.25) is 0 Å². The number of hydrogen-bond donors (Lipinski definition) is 0. The number of para-hydroxylation sites is 3. The summed E-state index contributed by atoms with van der Waals surface area (Å²) in [6, 6.07) is 63.6. The van der Waals surface area contributed by atoms with Crippen molar-refractivity contribution >= 4 is 75.3 Å². The van der Waals surface area contributed by atoms with E-state index >= 15 is 0 Å². The first-order valence-electron chi connectivity index (χ1n) is 19.0. The highest BCUT2D eigenvalue weighted by atomic mass is 32.1. The van der Waals surface area contributed by atoms with E-state index in [0.29, 0.717) is 17.5 Å². The summed E-state index contributed by atoms with van der Waals surface area (Å²) in [5.41, 5.74) is 9.91. The maximum atomic E-state index is 6.89. The van der Waals surface area contributed by atoms with Crippen molar-refractivity contribution in [3.63, 3.8) is 0 Å². The van der Waals surface area contributed by atoms with E-state index < -0.39 is 0 Å². The maximum absolute atomic E-state index is 6.89. The number of hydrogen-bond acceptors (Lipinski definition) is 5. The van der Waals surface area contributed by atoms with Crippen LogP contribution in [-0.4, -0.2) is 19.5 Å². The zero-order valence-corrected chi connectivity index (χ0v) is 31.2. The lowest BCUT2D eigenvalue weighted by Gasteiger charge is -2.10. The number of rotatable bonds is 5. The quantitative estimate of drug-likeness (QED) is 0.176. The third-order valence-electron chi connectivity index (χ3n) is 11.1. The summed E-state index contributed by atoms with van der Waals surface area (Å²) < 4.78 is 11.7. The lowest BCUT2D eigenvalue weighted by Crippen LogP contribution is -2.00. The van der Waals surface area contributed by atoms with Gasteiger partial charge in [0.05, 0.1) is 22.0 Å². The molecule has 6 heteroatoms. The number of benzene rings is 8. The fourth-order valence-corrected chi connectivity index (χ4v) is 9.64. The minimum absolute atomic E-state index is 0.558. The van der Waals surface area contributed by atoms with Gasteiger partial charge in [0.2, 0.25) is 0 Å². The second-order valence-electron chi connectivity index (χ2n) is 14.3. The van der Waals surface area contributed by atoms with Crippen LogP contribution >= 0.6 is 11.3 Å². The Morgan fingerprint density at radius 2 is 1.02 bits per heavy atom. The first-order chi connectivity index (χ1) is 28.3. The van der Waals surface area contributed by atoms with Gasteiger partial charge in [-0.25, -0.2) is 15.0 Å². The summed E-state index contributed by atoms with van der Waals surface area (Å²) in [4.78, 5) is 15.8. The lowest BCUT2D eigenvalue weighted by atomic mass is 10.0. The van der Waals surface area contributed by atoms with Crippen LogP contribution in [-0.2, 0) is 0 Å². The van der Waals surface area contributed by atoms with E-state index in [1.807, 2.05) is 6.07 Å². The Kier molecular flexibility index (Phi) is 7.03. The molecule has 0 amide bonds. The minimum atomic E-state index is 0.558. The van der Waals surface area contributed by atoms with Crippen molar-refractivity contribution in [2.75, 3.05) is 0 Å². The summed E-state index contributed by atoms with van der Waals surface area (Å²) >= 11 is 1.79. The first-order valence-corrected chi connectivity index (χ1v) is 19.8. The highest BCUT2D eigenvalue weighted by molar-refractivity contribution is 7.25. The first kappa shape index (κ1) is 31.9. The van der Waals surface area contributed by atoms with Crippen LogP contribution < -0.4 is 0 Å². The van der Waals surface area contributed by atoms with Gasteiger partial charge in [-0.2, -0.15) is 0 Å². The van der Waals surface area contributed by atoms with E-state index in [1.165, 1.54) is 25.6 Å². The molecule has 0 fully saturated rings. The molecule has 0 spiro atoms. The molecule has 5 nitrogen and oxygen atoms in total. The van der Waals surface area contributed by atoms with Crippen LogP contribution in [0.25, 0.3) is 115 Å². The number of furan rings is 1. The van der Waals surface area contributed by atoms with Gasteiger partial charge in [0, 0.05) is 53.1 Å². The predicted octanol–water partition coefficient (Wildman–Crippen LogP) is 13.9. The van der Waals surface area contributed by atoms with Crippen LogP contribution in [0.4, 0.5) is 0 Å². The van der Waals surface area contributed by atoms with E-state index in [9.17, 15) is 0 Å². The summed E-state index contributed by atoms with van der Waals surface area (Å²) in [6.07, 6.45) is 0. The highest BCUT2D eigenvalue weighted by Gasteiger charge is 2.23. The molecule has 12 rings (SSSR count). The van der Waals surface area contributed by atoms with Gasteiger partial charge < -0.3 is 8.98 Å². The van der Waals surface area contributed by atoms with Gasteiger partial charge in [0.15, 0.2) is 17.5 Å². The molecule has 0 aliphatic heterocycles. The molecule has 0 atom stereocenters. The van der Waals surface area contributed by atoms with Gasteiger partial charge in [-0.15, -0.1) is 11.3 Å². The third kappa shape index (κ3) is 4.98. The molecule has 0 bridgehead atoms. The van der Waals surface area contributed by atoms with Crippen molar-refractivity contribution in [1.82, 2.24) is 19.5 Å². The van der Waals surface area contributed by atoms with Crippen molar-refractivity contribution in [3.05, 3.63) is 182 Å². The molecule has 4 aromatic heterocycles. The van der Waals surface area contributed by atoms with Crippen LogP contribution in [0.5, 0.6) is 0 Å². The summed E-state index contributed by atoms with van der Waals surface area (Å²) in [5.74, 6) is 1.78. The topological polar surface area (TPSA) is 56.7 Å². The fraction of sp³-hybridized carbons (Fsp3) is 0. The summed E-state index contributed by atoms with van der Waals surface area (Å²) in [7, 11) is 0. The van der Waals surface area contributed by atoms with Crippen molar-refractivity contribution in [1.29, 1.82) is 0 Å². The predicted molar refractivity (Wildman–Crippen MR) is 236 cm³/mol. The third-order valence-corrected chi connectivity index (χ3v) is 12.2. The summed E-state index contributed by atoms with van der Waals surface area (Å²) in [5, 5.41) is 6.79. The number of nitrogens with zero attached hydrogens (tertiary/aromatic N) is 4. The molecule has 0 saturated heterocycles. The Morgan fingerprint density at radius 3 is 1.86 bits per heavy atom. The Hall–Kier alpha value is -7.41. The average molecular weight is 747 g/mol. The minimum Gasteiger partial charge on any atom is -0.455 e. The Balaban J connectivity index is 1.12. The van der Waals surface area contributed by atoms with E-state index in [-0.39, 0.29) is 0 Å². The molecule has 266 valence electrons.